The second kappa shape index (κ2) is 7.64. The van der Waals surface area contributed by atoms with Crippen LogP contribution in [0.5, 0.6) is 0 Å². The molecule has 148 valence electrons. The van der Waals surface area contributed by atoms with E-state index in [0.29, 0.717) is 13.1 Å². The van der Waals surface area contributed by atoms with E-state index in [9.17, 15) is 13.2 Å². The fourth-order valence-corrected chi connectivity index (χ4v) is 5.95. The lowest BCUT2D eigenvalue weighted by molar-refractivity contribution is -0.129. The Hall–Kier alpha value is -2.25. The number of nitrogens with zero attached hydrogens (tertiary/aromatic N) is 2. The van der Waals surface area contributed by atoms with Gasteiger partial charge in [0.25, 0.3) is 0 Å². The van der Waals surface area contributed by atoms with Crippen LogP contribution in [0.4, 0.5) is 0 Å². The number of carbonyl (C=O) groups excluding carboxylic acids is 1. The van der Waals surface area contributed by atoms with Gasteiger partial charge in [0, 0.05) is 32.0 Å². The fraction of sp³-hybridized carbons (Fsp3) is 0.429. The van der Waals surface area contributed by atoms with E-state index in [2.05, 4.69) is 10.3 Å². The Bertz CT molecular complexity index is 928. The van der Waals surface area contributed by atoms with Crippen LogP contribution in [0.3, 0.4) is 0 Å². The average molecular weight is 400 g/mol. The second-order valence-electron chi connectivity index (χ2n) is 7.88. The van der Waals surface area contributed by atoms with Gasteiger partial charge in [0.1, 0.15) is 0 Å². The van der Waals surface area contributed by atoms with Crippen LogP contribution in [0.1, 0.15) is 30.4 Å². The van der Waals surface area contributed by atoms with Gasteiger partial charge >= 0.3 is 0 Å². The van der Waals surface area contributed by atoms with Crippen molar-refractivity contribution in [3.63, 3.8) is 0 Å². The van der Waals surface area contributed by atoms with E-state index in [1.165, 1.54) is 4.31 Å². The number of pyridine rings is 1. The van der Waals surface area contributed by atoms with Gasteiger partial charge in [0.05, 0.1) is 11.7 Å². The van der Waals surface area contributed by atoms with Crippen molar-refractivity contribution >= 4 is 15.9 Å². The van der Waals surface area contributed by atoms with Gasteiger partial charge < -0.3 is 5.32 Å². The SMILES string of the molecule is O=C(NCc1ccncc1)C1CN(S(=O)(=O)Cc2ccccc2)CC12CCC2. The minimum absolute atomic E-state index is 0.0186. The summed E-state index contributed by atoms with van der Waals surface area (Å²) >= 11 is 0. The van der Waals surface area contributed by atoms with Crippen LogP contribution in [-0.4, -0.2) is 36.7 Å². The molecule has 1 aliphatic carbocycles. The number of sulfonamides is 1. The van der Waals surface area contributed by atoms with Crippen LogP contribution >= 0.6 is 0 Å². The van der Waals surface area contributed by atoms with Crippen LogP contribution in [-0.2, 0) is 27.1 Å². The average Bonchev–Trinajstić information content (AvgIpc) is 3.10. The van der Waals surface area contributed by atoms with Crippen molar-refractivity contribution in [2.75, 3.05) is 13.1 Å². The van der Waals surface area contributed by atoms with E-state index in [4.69, 9.17) is 0 Å². The number of benzene rings is 1. The summed E-state index contributed by atoms with van der Waals surface area (Å²) < 4.78 is 27.5. The van der Waals surface area contributed by atoms with E-state index in [1.807, 2.05) is 42.5 Å². The molecule has 1 aromatic carbocycles. The standard InChI is InChI=1S/C21H25N3O3S/c25-20(23-13-17-7-11-22-12-8-17)19-14-24(16-21(19)9-4-10-21)28(26,27)15-18-5-2-1-3-6-18/h1-3,5-8,11-12,19H,4,9-10,13-16H2,(H,23,25). The van der Waals surface area contributed by atoms with Crippen LogP contribution in [0.15, 0.2) is 54.9 Å². The van der Waals surface area contributed by atoms with E-state index in [0.717, 1.165) is 30.4 Å². The molecule has 0 radical (unpaired) electrons. The summed E-state index contributed by atoms with van der Waals surface area (Å²) in [7, 11) is -3.45. The molecule has 2 aliphatic rings. The van der Waals surface area contributed by atoms with Crippen molar-refractivity contribution in [3.8, 4) is 0 Å². The minimum Gasteiger partial charge on any atom is -0.352 e. The van der Waals surface area contributed by atoms with Crippen molar-refractivity contribution in [2.45, 2.75) is 31.6 Å². The predicted molar refractivity (Wildman–Crippen MR) is 106 cm³/mol. The summed E-state index contributed by atoms with van der Waals surface area (Å²) in [5, 5.41) is 3.00. The zero-order chi connectivity index (χ0) is 19.6. The maximum Gasteiger partial charge on any atom is 0.225 e. The maximum atomic E-state index is 13.0. The summed E-state index contributed by atoms with van der Waals surface area (Å²) in [6.45, 7) is 1.16. The number of amides is 1. The summed E-state index contributed by atoms with van der Waals surface area (Å²) in [4.78, 5) is 16.9. The zero-order valence-electron chi connectivity index (χ0n) is 15.8. The lowest BCUT2D eigenvalue weighted by atomic mass is 9.62. The van der Waals surface area contributed by atoms with Crippen LogP contribution in [0, 0.1) is 11.3 Å². The van der Waals surface area contributed by atoms with Crippen LogP contribution in [0.25, 0.3) is 0 Å². The van der Waals surface area contributed by atoms with Gasteiger partial charge in [0.2, 0.25) is 15.9 Å². The Morgan fingerprint density at radius 3 is 2.46 bits per heavy atom. The molecule has 2 heterocycles. The normalized spacial score (nSPS) is 21.4. The third-order valence-electron chi connectivity index (χ3n) is 6.08. The van der Waals surface area contributed by atoms with E-state index >= 15 is 0 Å². The van der Waals surface area contributed by atoms with E-state index < -0.39 is 10.0 Å². The Labute approximate surface area is 166 Å². The third-order valence-corrected chi connectivity index (χ3v) is 7.85. The molecule has 1 saturated carbocycles. The summed E-state index contributed by atoms with van der Waals surface area (Å²) in [5.41, 5.74) is 1.56. The first-order valence-corrected chi connectivity index (χ1v) is 11.3. The van der Waals surface area contributed by atoms with Crippen molar-refractivity contribution in [2.24, 2.45) is 11.3 Å². The highest BCUT2D eigenvalue weighted by atomic mass is 32.2. The van der Waals surface area contributed by atoms with Gasteiger partial charge in [-0.25, -0.2) is 12.7 Å². The largest absolute Gasteiger partial charge is 0.352 e. The monoisotopic (exact) mass is 399 g/mol. The van der Waals surface area contributed by atoms with Crippen molar-refractivity contribution in [3.05, 3.63) is 66.0 Å². The highest BCUT2D eigenvalue weighted by molar-refractivity contribution is 7.88. The van der Waals surface area contributed by atoms with Gasteiger partial charge in [-0.2, -0.15) is 0 Å². The number of carbonyl (C=O) groups is 1. The lowest BCUT2D eigenvalue weighted by Gasteiger charge is -2.42. The molecule has 2 aromatic rings. The van der Waals surface area contributed by atoms with Gasteiger partial charge in [-0.05, 0) is 41.5 Å². The Morgan fingerprint density at radius 1 is 1.11 bits per heavy atom. The first-order valence-electron chi connectivity index (χ1n) is 9.67. The van der Waals surface area contributed by atoms with E-state index in [1.54, 1.807) is 12.4 Å². The van der Waals surface area contributed by atoms with Gasteiger partial charge in [0.15, 0.2) is 0 Å². The Kier molecular flexibility index (Phi) is 5.21. The third kappa shape index (κ3) is 3.82. The smallest absolute Gasteiger partial charge is 0.225 e. The molecule has 1 aliphatic heterocycles. The molecular weight excluding hydrogens is 374 g/mol. The van der Waals surface area contributed by atoms with Gasteiger partial charge in [-0.15, -0.1) is 0 Å². The molecule has 4 rings (SSSR count). The van der Waals surface area contributed by atoms with Crippen molar-refractivity contribution < 1.29 is 13.2 Å². The lowest BCUT2D eigenvalue weighted by Crippen LogP contribution is -2.45. The number of rotatable bonds is 6. The van der Waals surface area contributed by atoms with E-state index in [-0.39, 0.29) is 29.5 Å². The second-order valence-corrected chi connectivity index (χ2v) is 9.85. The number of nitrogens with one attached hydrogen (secondary N) is 1. The molecule has 1 atom stereocenters. The molecule has 7 heteroatoms. The molecule has 2 fully saturated rings. The van der Waals surface area contributed by atoms with Gasteiger partial charge in [-0.3, -0.25) is 9.78 Å². The highest BCUT2D eigenvalue weighted by Crippen LogP contribution is 2.52. The fourth-order valence-electron chi connectivity index (χ4n) is 4.32. The highest BCUT2D eigenvalue weighted by Gasteiger charge is 2.55. The Balaban J connectivity index is 1.45. The molecule has 1 spiro atoms. The zero-order valence-corrected chi connectivity index (χ0v) is 16.6. The summed E-state index contributed by atoms with van der Waals surface area (Å²) in [6.07, 6.45) is 6.28. The maximum absolute atomic E-state index is 13.0. The first kappa shape index (κ1) is 19.1. The van der Waals surface area contributed by atoms with Crippen LogP contribution in [0.2, 0.25) is 0 Å². The number of hydrogen-bond donors (Lipinski definition) is 1. The summed E-state index contributed by atoms with van der Waals surface area (Å²) in [5.74, 6) is -0.350. The molecule has 28 heavy (non-hydrogen) atoms. The molecule has 0 bridgehead atoms. The predicted octanol–water partition coefficient (Wildman–Crippen LogP) is 2.33. The molecule has 6 nitrogen and oxygen atoms in total. The molecule has 1 unspecified atom stereocenters. The number of aromatic nitrogens is 1. The molecule has 1 amide bonds. The molecular formula is C21H25N3O3S. The Morgan fingerprint density at radius 2 is 1.82 bits per heavy atom. The topological polar surface area (TPSA) is 79.4 Å². The summed E-state index contributed by atoms with van der Waals surface area (Å²) in [6, 6.07) is 12.9. The quantitative estimate of drug-likeness (QED) is 0.809. The molecule has 1 N–H and O–H groups in total. The van der Waals surface area contributed by atoms with Crippen molar-refractivity contribution in [1.29, 1.82) is 0 Å². The van der Waals surface area contributed by atoms with Gasteiger partial charge in [-0.1, -0.05) is 36.8 Å². The molecule has 1 aromatic heterocycles. The van der Waals surface area contributed by atoms with Crippen molar-refractivity contribution in [1.82, 2.24) is 14.6 Å². The molecule has 1 saturated heterocycles. The van der Waals surface area contributed by atoms with Crippen LogP contribution < -0.4 is 5.32 Å². The minimum atomic E-state index is -3.45. The number of hydrogen-bond acceptors (Lipinski definition) is 4. The first-order chi connectivity index (χ1) is 13.5.